The molecule has 0 unspecified atom stereocenters. The Labute approximate surface area is 108 Å². The minimum atomic E-state index is -0.487. The van der Waals surface area contributed by atoms with Crippen LogP contribution in [0.4, 0.5) is 4.39 Å². The molecule has 2 rings (SSSR count). The molecular formula is C13H10ClFOS. The van der Waals surface area contributed by atoms with Crippen LogP contribution in [0.2, 0.25) is 5.02 Å². The number of aryl methyl sites for hydroxylation is 1. The van der Waals surface area contributed by atoms with Crippen molar-refractivity contribution in [1.82, 2.24) is 0 Å². The maximum absolute atomic E-state index is 13.2. The van der Waals surface area contributed by atoms with Crippen molar-refractivity contribution in [3.8, 4) is 0 Å². The summed E-state index contributed by atoms with van der Waals surface area (Å²) in [5, 5.41) is 0.0770. The average Bonchev–Trinajstić information content (AvgIpc) is 2.70. The third kappa shape index (κ3) is 2.93. The minimum absolute atomic E-state index is 0.00447. The standard InChI is InChI=1S/C13H10ClFOS/c1-8-2-5-13(17-8)12(16)7-9-3-4-10(14)11(15)6-9/h2-6H,7H2,1H3. The zero-order valence-electron chi connectivity index (χ0n) is 9.17. The van der Waals surface area contributed by atoms with Crippen molar-refractivity contribution in [2.75, 3.05) is 0 Å². The van der Waals surface area contributed by atoms with Crippen LogP contribution in [0.3, 0.4) is 0 Å². The van der Waals surface area contributed by atoms with Gasteiger partial charge in [0.05, 0.1) is 9.90 Å². The summed E-state index contributed by atoms with van der Waals surface area (Å²) in [4.78, 5) is 13.7. The van der Waals surface area contributed by atoms with E-state index in [4.69, 9.17) is 11.6 Å². The zero-order chi connectivity index (χ0) is 12.4. The van der Waals surface area contributed by atoms with Gasteiger partial charge in [-0.05, 0) is 36.8 Å². The van der Waals surface area contributed by atoms with Crippen molar-refractivity contribution in [2.45, 2.75) is 13.3 Å². The average molecular weight is 269 g/mol. The van der Waals surface area contributed by atoms with Gasteiger partial charge in [0.1, 0.15) is 5.82 Å². The summed E-state index contributed by atoms with van der Waals surface area (Å²) in [5.41, 5.74) is 0.642. The molecule has 0 atom stereocenters. The Bertz CT molecular complexity index is 562. The maximum atomic E-state index is 13.2. The number of thiophene rings is 1. The van der Waals surface area contributed by atoms with Crippen molar-refractivity contribution >= 4 is 28.7 Å². The lowest BCUT2D eigenvalue weighted by Gasteiger charge is -2.00. The molecule has 1 heterocycles. The van der Waals surface area contributed by atoms with Gasteiger partial charge in [0.2, 0.25) is 0 Å². The number of hydrogen-bond acceptors (Lipinski definition) is 2. The highest BCUT2D eigenvalue weighted by atomic mass is 35.5. The summed E-state index contributed by atoms with van der Waals surface area (Å²) >= 11 is 7.03. The van der Waals surface area contributed by atoms with Gasteiger partial charge in [0.15, 0.2) is 5.78 Å². The fourth-order valence-electron chi connectivity index (χ4n) is 1.51. The number of ketones is 1. The van der Waals surface area contributed by atoms with Crippen LogP contribution < -0.4 is 0 Å². The second kappa shape index (κ2) is 4.98. The van der Waals surface area contributed by atoms with Crippen LogP contribution >= 0.6 is 22.9 Å². The molecule has 0 radical (unpaired) electrons. The molecule has 0 fully saturated rings. The van der Waals surface area contributed by atoms with Gasteiger partial charge >= 0.3 is 0 Å². The molecule has 1 nitrogen and oxygen atoms in total. The van der Waals surface area contributed by atoms with E-state index in [9.17, 15) is 9.18 Å². The summed E-state index contributed by atoms with van der Waals surface area (Å²) in [7, 11) is 0. The minimum Gasteiger partial charge on any atom is -0.293 e. The first-order valence-corrected chi connectivity index (χ1v) is 6.29. The van der Waals surface area contributed by atoms with E-state index in [1.807, 2.05) is 13.0 Å². The lowest BCUT2D eigenvalue weighted by molar-refractivity contribution is 0.0997. The third-order valence-electron chi connectivity index (χ3n) is 2.36. The van der Waals surface area contributed by atoms with Crippen molar-refractivity contribution < 1.29 is 9.18 Å². The number of carbonyl (C=O) groups is 1. The summed E-state index contributed by atoms with van der Waals surface area (Å²) < 4.78 is 13.2. The number of hydrogen-bond donors (Lipinski definition) is 0. The molecule has 0 aliphatic carbocycles. The molecule has 4 heteroatoms. The highest BCUT2D eigenvalue weighted by molar-refractivity contribution is 7.14. The van der Waals surface area contributed by atoms with Crippen molar-refractivity contribution in [3.05, 3.63) is 56.5 Å². The van der Waals surface area contributed by atoms with E-state index in [-0.39, 0.29) is 17.2 Å². The van der Waals surface area contributed by atoms with Gasteiger partial charge in [-0.3, -0.25) is 4.79 Å². The van der Waals surface area contributed by atoms with E-state index in [0.29, 0.717) is 10.4 Å². The molecule has 0 saturated heterocycles. The van der Waals surface area contributed by atoms with E-state index >= 15 is 0 Å². The lowest BCUT2D eigenvalue weighted by Crippen LogP contribution is -2.01. The van der Waals surface area contributed by atoms with Crippen LogP contribution in [0.1, 0.15) is 20.1 Å². The van der Waals surface area contributed by atoms with Crippen LogP contribution in [0.5, 0.6) is 0 Å². The highest BCUT2D eigenvalue weighted by Crippen LogP contribution is 2.20. The fourth-order valence-corrected chi connectivity index (χ4v) is 2.43. The quantitative estimate of drug-likeness (QED) is 0.760. The Hall–Kier alpha value is -1.19. The predicted octanol–water partition coefficient (Wildman–Crippen LogP) is 4.27. The van der Waals surface area contributed by atoms with Crippen LogP contribution in [-0.4, -0.2) is 5.78 Å². The number of benzene rings is 1. The Morgan fingerprint density at radius 3 is 2.71 bits per heavy atom. The normalized spacial score (nSPS) is 10.5. The zero-order valence-corrected chi connectivity index (χ0v) is 10.7. The van der Waals surface area contributed by atoms with Gasteiger partial charge in [-0.1, -0.05) is 17.7 Å². The molecule has 0 N–H and O–H groups in total. The molecule has 0 aliphatic heterocycles. The maximum Gasteiger partial charge on any atom is 0.177 e. The number of halogens is 2. The number of Topliss-reactive ketones (excluding diaryl/α,β-unsaturated/α-hetero) is 1. The fraction of sp³-hybridized carbons (Fsp3) is 0.154. The first-order chi connectivity index (χ1) is 8.06. The molecule has 1 aromatic heterocycles. The van der Waals surface area contributed by atoms with Gasteiger partial charge in [0.25, 0.3) is 0 Å². The summed E-state index contributed by atoms with van der Waals surface area (Å²) in [6, 6.07) is 8.15. The highest BCUT2D eigenvalue weighted by Gasteiger charge is 2.10. The summed E-state index contributed by atoms with van der Waals surface area (Å²) in [6.45, 7) is 1.95. The van der Waals surface area contributed by atoms with Gasteiger partial charge in [-0.2, -0.15) is 0 Å². The second-order valence-corrected chi connectivity index (χ2v) is 5.45. The lowest BCUT2D eigenvalue weighted by atomic mass is 10.1. The monoisotopic (exact) mass is 268 g/mol. The predicted molar refractivity (Wildman–Crippen MR) is 68.5 cm³/mol. The van der Waals surface area contributed by atoms with E-state index in [1.54, 1.807) is 12.1 Å². The molecule has 0 bridgehead atoms. The first kappa shape index (κ1) is 12.3. The Morgan fingerprint density at radius 2 is 2.12 bits per heavy atom. The van der Waals surface area contributed by atoms with Gasteiger partial charge in [-0.25, -0.2) is 4.39 Å². The van der Waals surface area contributed by atoms with Crippen molar-refractivity contribution in [3.63, 3.8) is 0 Å². The molecule has 0 saturated carbocycles. The first-order valence-electron chi connectivity index (χ1n) is 5.10. The van der Waals surface area contributed by atoms with Crippen molar-refractivity contribution in [1.29, 1.82) is 0 Å². The molecule has 17 heavy (non-hydrogen) atoms. The van der Waals surface area contributed by atoms with Gasteiger partial charge in [-0.15, -0.1) is 11.3 Å². The molecular weight excluding hydrogens is 259 g/mol. The van der Waals surface area contributed by atoms with Gasteiger partial charge in [0, 0.05) is 11.3 Å². The van der Waals surface area contributed by atoms with Crippen LogP contribution in [-0.2, 0) is 6.42 Å². The van der Waals surface area contributed by atoms with Crippen molar-refractivity contribution in [2.24, 2.45) is 0 Å². The third-order valence-corrected chi connectivity index (χ3v) is 3.71. The van der Waals surface area contributed by atoms with E-state index in [2.05, 4.69) is 0 Å². The molecule has 0 amide bonds. The Balaban J connectivity index is 2.15. The molecule has 2 aromatic rings. The summed E-state index contributed by atoms with van der Waals surface area (Å²) in [6.07, 6.45) is 0.202. The van der Waals surface area contributed by atoms with E-state index in [0.717, 1.165) is 4.88 Å². The Morgan fingerprint density at radius 1 is 1.35 bits per heavy atom. The molecule has 1 aromatic carbocycles. The molecule has 88 valence electrons. The molecule has 0 spiro atoms. The SMILES string of the molecule is Cc1ccc(C(=O)Cc2ccc(Cl)c(F)c2)s1. The molecule has 0 aliphatic rings. The Kier molecular flexibility index (Phi) is 3.60. The van der Waals surface area contributed by atoms with E-state index < -0.39 is 5.82 Å². The smallest absolute Gasteiger partial charge is 0.177 e. The van der Waals surface area contributed by atoms with Crippen LogP contribution in [0.15, 0.2) is 30.3 Å². The largest absolute Gasteiger partial charge is 0.293 e. The summed E-state index contributed by atoms with van der Waals surface area (Å²) in [5.74, 6) is -0.482. The van der Waals surface area contributed by atoms with E-state index in [1.165, 1.54) is 23.5 Å². The number of rotatable bonds is 3. The van der Waals surface area contributed by atoms with Gasteiger partial charge < -0.3 is 0 Å². The van der Waals surface area contributed by atoms with Crippen LogP contribution in [0, 0.1) is 12.7 Å². The number of carbonyl (C=O) groups excluding carboxylic acids is 1. The van der Waals surface area contributed by atoms with Crippen LogP contribution in [0.25, 0.3) is 0 Å². The topological polar surface area (TPSA) is 17.1 Å². The second-order valence-electron chi connectivity index (χ2n) is 3.76.